The number of rotatable bonds is 10. The van der Waals surface area contributed by atoms with Crippen LogP contribution in [0.2, 0.25) is 0 Å². The lowest BCUT2D eigenvalue weighted by Crippen LogP contribution is -2.32. The van der Waals surface area contributed by atoms with Gasteiger partial charge in [0.25, 0.3) is 0 Å². The van der Waals surface area contributed by atoms with Gasteiger partial charge in [-0.3, -0.25) is 4.99 Å². The van der Waals surface area contributed by atoms with Gasteiger partial charge in [-0.15, -0.1) is 24.0 Å². The normalized spacial score (nSPS) is 12.6. The maximum Gasteiger partial charge on any atom is 0.188 e. The molecular formula is C17H29FIN3O. The number of nitrogens with zero attached hydrogens (tertiary/aromatic N) is 1. The third-order valence-corrected chi connectivity index (χ3v) is 3.53. The Labute approximate surface area is 155 Å². The first-order valence-electron chi connectivity index (χ1n) is 8.10. The van der Waals surface area contributed by atoms with Crippen LogP contribution in [0.3, 0.4) is 0 Å². The SMILES string of the molecule is CCCCCCCCNC(N)=NCC(O)c1ccc(F)cc1.I. The summed E-state index contributed by atoms with van der Waals surface area (Å²) >= 11 is 0. The molecule has 4 nitrogen and oxygen atoms in total. The molecule has 1 aromatic carbocycles. The third kappa shape index (κ3) is 10.5. The fourth-order valence-corrected chi connectivity index (χ4v) is 2.15. The molecule has 1 unspecified atom stereocenters. The van der Waals surface area contributed by atoms with Crippen molar-refractivity contribution in [3.8, 4) is 0 Å². The first-order chi connectivity index (χ1) is 10.6. The van der Waals surface area contributed by atoms with Gasteiger partial charge >= 0.3 is 0 Å². The van der Waals surface area contributed by atoms with E-state index < -0.39 is 6.10 Å². The van der Waals surface area contributed by atoms with E-state index in [1.165, 1.54) is 44.2 Å². The van der Waals surface area contributed by atoms with Crippen molar-refractivity contribution >= 4 is 29.9 Å². The number of guanidine groups is 1. The van der Waals surface area contributed by atoms with E-state index in [0.29, 0.717) is 11.5 Å². The molecule has 0 saturated carbocycles. The van der Waals surface area contributed by atoms with Gasteiger partial charge in [0.05, 0.1) is 12.6 Å². The molecule has 132 valence electrons. The zero-order chi connectivity index (χ0) is 16.2. The van der Waals surface area contributed by atoms with Crippen molar-refractivity contribution in [2.75, 3.05) is 13.1 Å². The van der Waals surface area contributed by atoms with Crippen molar-refractivity contribution in [1.82, 2.24) is 5.32 Å². The summed E-state index contributed by atoms with van der Waals surface area (Å²) in [6.45, 7) is 3.17. The number of benzene rings is 1. The molecule has 23 heavy (non-hydrogen) atoms. The molecule has 1 atom stereocenters. The number of hydrogen-bond acceptors (Lipinski definition) is 2. The number of aliphatic hydroxyl groups is 1. The first-order valence-corrected chi connectivity index (χ1v) is 8.10. The van der Waals surface area contributed by atoms with Crippen molar-refractivity contribution in [1.29, 1.82) is 0 Å². The van der Waals surface area contributed by atoms with Crippen LogP contribution in [0.5, 0.6) is 0 Å². The highest BCUT2D eigenvalue weighted by molar-refractivity contribution is 14.0. The van der Waals surface area contributed by atoms with Gasteiger partial charge in [0.15, 0.2) is 5.96 Å². The standard InChI is InChI=1S/C17H28FN3O.HI/c1-2-3-4-5-6-7-12-20-17(19)21-13-16(22)14-8-10-15(18)11-9-14;/h8-11,16,22H,2-7,12-13H2,1H3,(H3,19,20,21);1H. The summed E-state index contributed by atoms with van der Waals surface area (Å²) in [6.07, 6.45) is 6.61. The van der Waals surface area contributed by atoms with Gasteiger partial charge < -0.3 is 16.2 Å². The van der Waals surface area contributed by atoms with Gasteiger partial charge in [-0.25, -0.2) is 4.39 Å². The number of unbranched alkanes of at least 4 members (excludes halogenated alkanes) is 5. The molecule has 4 N–H and O–H groups in total. The van der Waals surface area contributed by atoms with Crippen LogP contribution >= 0.6 is 24.0 Å². The molecule has 0 aliphatic rings. The first kappa shape index (κ1) is 22.1. The van der Waals surface area contributed by atoms with Crippen LogP contribution in [0, 0.1) is 5.82 Å². The number of aliphatic hydroxyl groups excluding tert-OH is 1. The quantitative estimate of drug-likeness (QED) is 0.226. The fraction of sp³-hybridized carbons (Fsp3) is 0.588. The smallest absolute Gasteiger partial charge is 0.188 e. The molecule has 0 saturated heterocycles. The van der Waals surface area contributed by atoms with Crippen molar-refractivity contribution in [3.63, 3.8) is 0 Å². The van der Waals surface area contributed by atoms with Crippen molar-refractivity contribution in [3.05, 3.63) is 35.6 Å². The molecule has 0 amide bonds. The number of nitrogens with one attached hydrogen (secondary N) is 1. The Bertz CT molecular complexity index is 440. The van der Waals surface area contributed by atoms with E-state index in [1.807, 2.05) is 0 Å². The molecule has 6 heteroatoms. The van der Waals surface area contributed by atoms with Crippen LogP contribution in [0.15, 0.2) is 29.3 Å². The summed E-state index contributed by atoms with van der Waals surface area (Å²) in [5.41, 5.74) is 6.39. The zero-order valence-electron chi connectivity index (χ0n) is 13.8. The zero-order valence-corrected chi connectivity index (χ0v) is 16.1. The second kappa shape index (κ2) is 13.5. The van der Waals surface area contributed by atoms with Gasteiger partial charge in [0.1, 0.15) is 5.82 Å². The van der Waals surface area contributed by atoms with Crippen molar-refractivity contribution in [2.45, 2.75) is 51.6 Å². The van der Waals surface area contributed by atoms with Gasteiger partial charge in [-0.1, -0.05) is 51.2 Å². The summed E-state index contributed by atoms with van der Waals surface area (Å²) in [6, 6.07) is 5.75. The highest BCUT2D eigenvalue weighted by Gasteiger charge is 2.06. The van der Waals surface area contributed by atoms with Crippen LogP contribution < -0.4 is 11.1 Å². The van der Waals surface area contributed by atoms with Crippen molar-refractivity contribution in [2.24, 2.45) is 10.7 Å². The monoisotopic (exact) mass is 437 g/mol. The third-order valence-electron chi connectivity index (χ3n) is 3.53. The maximum atomic E-state index is 12.8. The Kier molecular flexibility index (Phi) is 13.0. The van der Waals surface area contributed by atoms with Crippen LogP contribution in [0.1, 0.15) is 57.1 Å². The molecule has 0 spiro atoms. The van der Waals surface area contributed by atoms with Crippen LogP contribution in [0.4, 0.5) is 4.39 Å². The van der Waals surface area contributed by atoms with E-state index in [0.717, 1.165) is 13.0 Å². The Morgan fingerprint density at radius 3 is 2.43 bits per heavy atom. The fourth-order valence-electron chi connectivity index (χ4n) is 2.15. The van der Waals surface area contributed by atoms with Gasteiger partial charge in [-0.2, -0.15) is 0 Å². The lowest BCUT2D eigenvalue weighted by Gasteiger charge is -2.10. The lowest BCUT2D eigenvalue weighted by atomic mass is 10.1. The summed E-state index contributed by atoms with van der Waals surface area (Å²) in [7, 11) is 0. The Hall–Kier alpha value is -0.890. The molecular weight excluding hydrogens is 408 g/mol. The van der Waals surface area contributed by atoms with Gasteiger partial charge in [0, 0.05) is 6.54 Å². The number of nitrogens with two attached hydrogens (primary N) is 1. The second-order valence-electron chi connectivity index (χ2n) is 5.49. The average molecular weight is 437 g/mol. The minimum absolute atomic E-state index is 0. The predicted octanol–water partition coefficient (Wildman–Crippen LogP) is 3.74. The lowest BCUT2D eigenvalue weighted by molar-refractivity contribution is 0.187. The van der Waals surface area contributed by atoms with Crippen LogP contribution in [0.25, 0.3) is 0 Å². The van der Waals surface area contributed by atoms with E-state index in [1.54, 1.807) is 12.1 Å². The predicted molar refractivity (Wildman–Crippen MR) is 105 cm³/mol. The van der Waals surface area contributed by atoms with E-state index in [-0.39, 0.29) is 36.3 Å². The highest BCUT2D eigenvalue weighted by atomic mass is 127. The van der Waals surface area contributed by atoms with Gasteiger partial charge in [0.2, 0.25) is 0 Å². The Morgan fingerprint density at radius 2 is 1.78 bits per heavy atom. The molecule has 0 aliphatic heterocycles. The maximum absolute atomic E-state index is 12.8. The molecule has 0 aliphatic carbocycles. The molecule has 0 fully saturated rings. The topological polar surface area (TPSA) is 70.6 Å². The van der Waals surface area contributed by atoms with E-state index in [4.69, 9.17) is 5.73 Å². The molecule has 0 bridgehead atoms. The molecule has 0 radical (unpaired) electrons. The molecule has 1 rings (SSSR count). The summed E-state index contributed by atoms with van der Waals surface area (Å²) < 4.78 is 12.8. The second-order valence-corrected chi connectivity index (χ2v) is 5.49. The molecule has 0 aromatic heterocycles. The Morgan fingerprint density at radius 1 is 1.17 bits per heavy atom. The van der Waals surface area contributed by atoms with Crippen LogP contribution in [-0.4, -0.2) is 24.2 Å². The van der Waals surface area contributed by atoms with E-state index >= 15 is 0 Å². The largest absolute Gasteiger partial charge is 0.386 e. The molecule has 1 aromatic rings. The van der Waals surface area contributed by atoms with Crippen LogP contribution in [-0.2, 0) is 0 Å². The van der Waals surface area contributed by atoms with E-state index in [9.17, 15) is 9.50 Å². The summed E-state index contributed by atoms with van der Waals surface area (Å²) in [5.74, 6) is 0.0225. The number of aliphatic imine (C=N–C) groups is 1. The average Bonchev–Trinajstić information content (AvgIpc) is 2.52. The van der Waals surface area contributed by atoms with Gasteiger partial charge in [-0.05, 0) is 24.1 Å². The van der Waals surface area contributed by atoms with E-state index in [2.05, 4.69) is 17.2 Å². The number of hydrogen-bond donors (Lipinski definition) is 3. The Balaban J connectivity index is 0.00000484. The summed E-state index contributed by atoms with van der Waals surface area (Å²) in [5, 5.41) is 13.0. The minimum Gasteiger partial charge on any atom is -0.386 e. The highest BCUT2D eigenvalue weighted by Crippen LogP contribution is 2.13. The number of halogens is 2. The van der Waals surface area contributed by atoms with Crippen molar-refractivity contribution < 1.29 is 9.50 Å². The molecule has 0 heterocycles. The minimum atomic E-state index is -0.769. The summed E-state index contributed by atoms with van der Waals surface area (Å²) in [4.78, 5) is 4.11.